The van der Waals surface area contributed by atoms with Gasteiger partial charge in [0.2, 0.25) is 0 Å². The lowest BCUT2D eigenvalue weighted by Gasteiger charge is -2.39. The van der Waals surface area contributed by atoms with E-state index in [2.05, 4.69) is 32.7 Å². The van der Waals surface area contributed by atoms with Crippen molar-refractivity contribution in [1.29, 1.82) is 0 Å². The normalized spacial score (nSPS) is 17.9. The first-order valence-corrected chi connectivity index (χ1v) is 6.29. The van der Waals surface area contributed by atoms with E-state index in [1.165, 1.54) is 12.0 Å². The van der Waals surface area contributed by atoms with Crippen LogP contribution in [-0.2, 0) is 0 Å². The van der Waals surface area contributed by atoms with Crippen molar-refractivity contribution in [1.82, 2.24) is 14.6 Å². The zero-order valence-electron chi connectivity index (χ0n) is 9.40. The molecule has 0 bridgehead atoms. The molecule has 2 aromatic heterocycles. The molecule has 5 nitrogen and oxygen atoms in total. The van der Waals surface area contributed by atoms with Gasteiger partial charge in [0.15, 0.2) is 17.2 Å². The van der Waals surface area contributed by atoms with Crippen LogP contribution in [0.1, 0.15) is 0 Å². The molecule has 1 fully saturated rings. The minimum Gasteiger partial charge on any atom is -0.493 e. The monoisotopic (exact) mass is 366 g/mol. The van der Waals surface area contributed by atoms with Crippen LogP contribution in [-0.4, -0.2) is 40.7 Å². The molecule has 1 saturated heterocycles. The van der Waals surface area contributed by atoms with E-state index in [1.807, 2.05) is 0 Å². The van der Waals surface area contributed by atoms with Crippen LogP contribution in [0.3, 0.4) is 0 Å². The van der Waals surface area contributed by atoms with Crippen molar-refractivity contribution in [3.05, 3.63) is 16.0 Å². The van der Waals surface area contributed by atoms with Crippen LogP contribution in [0.4, 0.5) is 14.6 Å². The molecule has 0 atom stereocenters. The predicted molar refractivity (Wildman–Crippen MR) is 69.4 cm³/mol. The summed E-state index contributed by atoms with van der Waals surface area (Å²) in [6, 6.07) is 1.70. The molecule has 1 aliphatic heterocycles. The molecule has 0 N–H and O–H groups in total. The molecule has 3 rings (SSSR count). The van der Waals surface area contributed by atoms with Crippen LogP contribution in [0.5, 0.6) is 5.75 Å². The fourth-order valence-corrected chi connectivity index (χ4v) is 2.39. The second-order valence-electron chi connectivity index (χ2n) is 4.10. The fourth-order valence-electron chi connectivity index (χ4n) is 1.89. The Labute approximate surface area is 115 Å². The van der Waals surface area contributed by atoms with E-state index in [4.69, 9.17) is 4.74 Å². The highest BCUT2D eigenvalue weighted by molar-refractivity contribution is 14.1. The van der Waals surface area contributed by atoms with Crippen molar-refractivity contribution in [2.75, 3.05) is 25.1 Å². The summed E-state index contributed by atoms with van der Waals surface area (Å²) in [5.41, 5.74) is 0.632. The summed E-state index contributed by atoms with van der Waals surface area (Å²) in [4.78, 5) is 5.64. The second kappa shape index (κ2) is 3.90. The van der Waals surface area contributed by atoms with Crippen LogP contribution in [0.25, 0.3) is 5.65 Å². The number of hydrogen-bond acceptors (Lipinski definition) is 4. The third-order valence-corrected chi connectivity index (χ3v) is 3.50. The molecule has 0 amide bonds. The molecule has 0 saturated carbocycles. The molecule has 3 heterocycles. The molecular formula is C10H9F2IN4O. The highest BCUT2D eigenvalue weighted by Gasteiger charge is 2.45. The molecule has 0 radical (unpaired) electrons. The summed E-state index contributed by atoms with van der Waals surface area (Å²) in [7, 11) is 1.49. The average molecular weight is 366 g/mol. The Morgan fingerprint density at radius 2 is 2.17 bits per heavy atom. The Morgan fingerprint density at radius 1 is 1.44 bits per heavy atom. The third-order valence-electron chi connectivity index (χ3n) is 2.76. The molecule has 0 unspecified atom stereocenters. The topological polar surface area (TPSA) is 42.7 Å². The highest BCUT2D eigenvalue weighted by atomic mass is 127. The Morgan fingerprint density at radius 3 is 2.78 bits per heavy atom. The number of fused-ring (bicyclic) bond motifs is 1. The van der Waals surface area contributed by atoms with Gasteiger partial charge >= 0.3 is 0 Å². The maximum absolute atomic E-state index is 12.9. The van der Waals surface area contributed by atoms with Crippen molar-refractivity contribution in [3.63, 3.8) is 0 Å². The van der Waals surface area contributed by atoms with Gasteiger partial charge in [-0.25, -0.2) is 18.3 Å². The van der Waals surface area contributed by atoms with Gasteiger partial charge in [-0.2, -0.15) is 0 Å². The molecular weight excluding hydrogens is 357 g/mol. The number of ether oxygens (including phenoxy) is 1. The number of methoxy groups -OCH3 is 1. The van der Waals surface area contributed by atoms with Crippen LogP contribution < -0.4 is 9.64 Å². The van der Waals surface area contributed by atoms with Crippen LogP contribution in [0.2, 0.25) is 0 Å². The van der Waals surface area contributed by atoms with Gasteiger partial charge in [-0.05, 0) is 22.6 Å². The number of hydrogen-bond donors (Lipinski definition) is 0. The lowest BCUT2D eigenvalue weighted by Crippen LogP contribution is -2.56. The maximum atomic E-state index is 12.9. The van der Waals surface area contributed by atoms with Crippen LogP contribution in [0.15, 0.2) is 12.3 Å². The maximum Gasteiger partial charge on any atom is 0.282 e. The summed E-state index contributed by atoms with van der Waals surface area (Å²) in [5, 5.41) is 4.31. The zero-order valence-corrected chi connectivity index (χ0v) is 11.6. The lowest BCUT2D eigenvalue weighted by atomic mass is 10.1. The first-order valence-electron chi connectivity index (χ1n) is 5.21. The van der Waals surface area contributed by atoms with Crippen molar-refractivity contribution in [2.45, 2.75) is 5.92 Å². The van der Waals surface area contributed by atoms with Gasteiger partial charge in [0.05, 0.1) is 26.4 Å². The molecule has 1 aliphatic rings. The molecule has 8 heteroatoms. The largest absolute Gasteiger partial charge is 0.493 e. The van der Waals surface area contributed by atoms with E-state index < -0.39 is 5.92 Å². The zero-order chi connectivity index (χ0) is 12.9. The van der Waals surface area contributed by atoms with E-state index in [9.17, 15) is 8.78 Å². The number of rotatable bonds is 2. The number of alkyl halides is 2. The van der Waals surface area contributed by atoms with E-state index in [1.54, 1.807) is 16.8 Å². The molecule has 0 aliphatic carbocycles. The molecule has 18 heavy (non-hydrogen) atoms. The van der Waals surface area contributed by atoms with Gasteiger partial charge in [0.25, 0.3) is 5.92 Å². The Balaban J connectivity index is 2.06. The number of anilines is 1. The third kappa shape index (κ3) is 1.78. The smallest absolute Gasteiger partial charge is 0.282 e. The second-order valence-corrected chi connectivity index (χ2v) is 5.20. The van der Waals surface area contributed by atoms with Gasteiger partial charge in [-0.3, -0.25) is 0 Å². The van der Waals surface area contributed by atoms with Gasteiger partial charge in [-0.15, -0.1) is 5.10 Å². The van der Waals surface area contributed by atoms with Crippen molar-refractivity contribution >= 4 is 34.1 Å². The van der Waals surface area contributed by atoms with E-state index >= 15 is 0 Å². The molecule has 96 valence electrons. The van der Waals surface area contributed by atoms with Crippen molar-refractivity contribution in [2.24, 2.45) is 0 Å². The predicted octanol–water partition coefficient (Wildman–Crippen LogP) is 1.80. The minimum absolute atomic E-state index is 0.326. The van der Waals surface area contributed by atoms with Crippen LogP contribution >= 0.6 is 22.6 Å². The Kier molecular flexibility index (Phi) is 2.57. The summed E-state index contributed by atoms with van der Waals surface area (Å²) in [6.45, 7) is -0.652. The number of imidazole rings is 1. The van der Waals surface area contributed by atoms with E-state index in [0.29, 0.717) is 17.2 Å². The summed E-state index contributed by atoms with van der Waals surface area (Å²) < 4.78 is 33.4. The van der Waals surface area contributed by atoms with Gasteiger partial charge in [0.1, 0.15) is 3.70 Å². The van der Waals surface area contributed by atoms with Gasteiger partial charge in [-0.1, -0.05) is 0 Å². The number of aromatic nitrogens is 3. The van der Waals surface area contributed by atoms with Crippen molar-refractivity contribution < 1.29 is 13.5 Å². The van der Waals surface area contributed by atoms with Gasteiger partial charge < -0.3 is 9.64 Å². The Hall–Kier alpha value is -1.19. The SMILES string of the molecule is COc1cc2ncc(I)n2nc1N1CC(F)(F)C1. The fraction of sp³-hybridized carbons (Fsp3) is 0.400. The van der Waals surface area contributed by atoms with Crippen molar-refractivity contribution in [3.8, 4) is 5.75 Å². The minimum atomic E-state index is -2.64. The quantitative estimate of drug-likeness (QED) is 0.761. The van der Waals surface area contributed by atoms with Gasteiger partial charge in [0, 0.05) is 6.07 Å². The lowest BCUT2D eigenvalue weighted by molar-refractivity contribution is -0.0270. The van der Waals surface area contributed by atoms with E-state index in [0.717, 1.165) is 3.70 Å². The summed E-state index contributed by atoms with van der Waals surface area (Å²) in [6.07, 6.45) is 1.66. The molecule has 2 aromatic rings. The first kappa shape index (κ1) is 11.9. The molecule has 0 spiro atoms. The number of nitrogens with zero attached hydrogens (tertiary/aromatic N) is 4. The van der Waals surface area contributed by atoms with E-state index in [-0.39, 0.29) is 13.1 Å². The average Bonchev–Trinajstić information content (AvgIpc) is 2.66. The Bertz CT molecular complexity index is 607. The summed E-state index contributed by atoms with van der Waals surface area (Å²) in [5.74, 6) is -1.75. The van der Waals surface area contributed by atoms with Crippen LogP contribution in [0, 0.1) is 3.70 Å². The standard InChI is InChI=1S/C10H9F2IN4O/c1-18-6-2-8-14-3-7(13)17(8)15-9(6)16-4-10(11,12)5-16/h2-3H,4-5H2,1H3. The summed E-state index contributed by atoms with van der Waals surface area (Å²) >= 11 is 2.08. The molecule has 0 aromatic carbocycles. The highest BCUT2D eigenvalue weighted by Crippen LogP contribution is 2.36. The first-order chi connectivity index (χ1) is 8.50. The number of halogens is 3.